The first-order chi connectivity index (χ1) is 24.8. The van der Waals surface area contributed by atoms with Gasteiger partial charge in [-0.05, 0) is 32.0 Å². The Kier molecular flexibility index (Phi) is 20.3. The normalized spacial score (nSPS) is 12.6. The third-order valence-corrected chi connectivity index (χ3v) is 7.68. The second kappa shape index (κ2) is 23.7. The number of anilines is 2. The summed E-state index contributed by atoms with van der Waals surface area (Å²) in [6.07, 6.45) is 8.00. The van der Waals surface area contributed by atoms with Crippen LogP contribution in [0.1, 0.15) is 56.2 Å². The molecule has 4 N–H and O–H groups in total. The number of benzene rings is 1. The minimum Gasteiger partial charge on any atom is -0.776 e. The summed E-state index contributed by atoms with van der Waals surface area (Å²) in [5, 5.41) is 6.02. The number of fused-ring (bicyclic) bond motifs is 1. The molecule has 0 aliphatic carbocycles. The maximum absolute atomic E-state index is 13.4. The van der Waals surface area contributed by atoms with Crippen molar-refractivity contribution in [2.45, 2.75) is 38.1 Å². The number of pyridine rings is 1. The Morgan fingerprint density at radius 3 is 2.44 bits per heavy atom. The fraction of sp³-hybridized carbons (Fsp3) is 0.429. The molecule has 276 valence electrons. The molecule has 0 radical (unpaired) electrons. The molecule has 4 heterocycles. The molecule has 3 aromatic heterocycles. The predicted octanol–water partition coefficient (Wildman–Crippen LogP) is 0.684. The quantitative estimate of drug-likeness (QED) is 0.0507. The maximum atomic E-state index is 13.4. The summed E-state index contributed by atoms with van der Waals surface area (Å²) in [7, 11) is 4.75. The van der Waals surface area contributed by atoms with Gasteiger partial charge >= 0.3 is 29.6 Å². The summed E-state index contributed by atoms with van der Waals surface area (Å²) in [5.74, 6) is 1.28. The molecule has 4 aromatic rings. The van der Waals surface area contributed by atoms with Gasteiger partial charge in [0.1, 0.15) is 23.4 Å². The number of methoxy groups -OCH3 is 1. The van der Waals surface area contributed by atoms with Crippen LogP contribution in [0.15, 0.2) is 45.9 Å². The van der Waals surface area contributed by atoms with Crippen molar-refractivity contribution in [3.8, 4) is 5.75 Å². The standard InChI is InChI=1S/C32H37N7O6S.C2H6O.CH5N.Na/c1-3-24-29(45-21(2)35-24)31(42)37-32-36-25-15-22(19-40)16-26(44-12-6-8-38-10-13-43-14-11-38)28(25)39(32)9-5-4-7-33-30-27(46)17-23(20-41)18-34-30;1-3-2;1-2;/h4-5,15-20,46H,3,6-14H2,1-2H3,(H,33,34)(H,36,37,42);1-2H3;2H2,1H3;/q;;;+1/p-1/b5-4+;;;. The molecular formula is C35H47N8NaO7S. The molecule has 0 unspecified atom stereocenters. The fourth-order valence-corrected chi connectivity index (χ4v) is 5.38. The molecule has 1 saturated heterocycles. The number of aromatic nitrogens is 4. The van der Waals surface area contributed by atoms with Gasteiger partial charge in [-0.15, -0.1) is 4.90 Å². The molecule has 5 rings (SSSR count). The van der Waals surface area contributed by atoms with E-state index in [9.17, 15) is 14.4 Å². The van der Waals surface area contributed by atoms with Gasteiger partial charge in [0.05, 0.1) is 31.0 Å². The summed E-state index contributed by atoms with van der Waals surface area (Å²) in [6, 6.07) is 4.94. The van der Waals surface area contributed by atoms with E-state index in [-0.39, 0.29) is 41.3 Å². The van der Waals surface area contributed by atoms with E-state index >= 15 is 0 Å². The number of oxazole rings is 1. The van der Waals surface area contributed by atoms with E-state index in [2.05, 4.69) is 36.0 Å². The number of hydrogen-bond acceptors (Lipinski definition) is 14. The van der Waals surface area contributed by atoms with Crippen molar-refractivity contribution in [2.75, 3.05) is 77.9 Å². The molecule has 0 bridgehead atoms. The first-order valence-corrected chi connectivity index (χ1v) is 16.9. The van der Waals surface area contributed by atoms with Crippen molar-refractivity contribution < 1.29 is 62.6 Å². The monoisotopic (exact) mass is 746 g/mol. The van der Waals surface area contributed by atoms with E-state index in [1.807, 2.05) is 23.6 Å². The van der Waals surface area contributed by atoms with Gasteiger partial charge in [0.15, 0.2) is 12.2 Å². The van der Waals surface area contributed by atoms with E-state index in [1.165, 1.54) is 13.2 Å². The number of amides is 1. The Bertz CT molecular complexity index is 1760. The molecule has 1 aromatic carbocycles. The number of imidazole rings is 1. The van der Waals surface area contributed by atoms with Gasteiger partial charge in [-0.1, -0.05) is 25.1 Å². The average molecular weight is 747 g/mol. The minimum absolute atomic E-state index is 0. The van der Waals surface area contributed by atoms with Crippen LogP contribution < -0.4 is 50.7 Å². The van der Waals surface area contributed by atoms with Gasteiger partial charge in [0.2, 0.25) is 11.7 Å². The number of morpholine rings is 1. The Balaban J connectivity index is 0.00000148. The van der Waals surface area contributed by atoms with Crippen LogP contribution in [0.5, 0.6) is 5.75 Å². The molecule has 15 nitrogen and oxygen atoms in total. The number of hydrogen-bond donors (Lipinski definition) is 3. The molecule has 52 heavy (non-hydrogen) atoms. The predicted molar refractivity (Wildman–Crippen MR) is 197 cm³/mol. The second-order valence-electron chi connectivity index (χ2n) is 11.0. The van der Waals surface area contributed by atoms with Crippen LogP contribution in [0, 0.1) is 6.92 Å². The minimum atomic E-state index is -0.480. The number of aryl methyl sites for hydroxylation is 2. The molecule has 1 fully saturated rings. The van der Waals surface area contributed by atoms with Gasteiger partial charge in [-0.3, -0.25) is 24.6 Å². The third kappa shape index (κ3) is 12.7. The number of nitrogens with one attached hydrogen (secondary N) is 2. The van der Waals surface area contributed by atoms with Gasteiger partial charge in [-0.25, -0.2) is 15.0 Å². The van der Waals surface area contributed by atoms with E-state index in [0.29, 0.717) is 82.6 Å². The van der Waals surface area contributed by atoms with Crippen molar-refractivity contribution in [2.24, 2.45) is 5.73 Å². The van der Waals surface area contributed by atoms with Crippen molar-refractivity contribution in [1.82, 2.24) is 24.4 Å². The zero-order valence-electron chi connectivity index (χ0n) is 30.8. The average Bonchev–Trinajstić information content (AvgIpc) is 3.71. The Labute approximate surface area is 331 Å². The number of nitrogens with zero attached hydrogens (tertiary/aromatic N) is 5. The largest absolute Gasteiger partial charge is 1.00 e. The zero-order chi connectivity index (χ0) is 37.2. The number of aldehydes is 2. The Morgan fingerprint density at radius 1 is 1.08 bits per heavy atom. The van der Waals surface area contributed by atoms with Gasteiger partial charge in [0.25, 0.3) is 5.91 Å². The number of ether oxygens (including phenoxy) is 3. The molecule has 0 saturated carbocycles. The Morgan fingerprint density at radius 2 is 1.79 bits per heavy atom. The first-order valence-electron chi connectivity index (χ1n) is 16.5. The zero-order valence-corrected chi connectivity index (χ0v) is 33.6. The van der Waals surface area contributed by atoms with Crippen molar-refractivity contribution in [3.05, 3.63) is 65.0 Å². The van der Waals surface area contributed by atoms with Crippen LogP contribution in [0.2, 0.25) is 0 Å². The van der Waals surface area contributed by atoms with E-state index in [4.69, 9.17) is 31.5 Å². The van der Waals surface area contributed by atoms with Gasteiger partial charge in [0, 0.05) is 71.2 Å². The molecular weight excluding hydrogens is 699 g/mol. The fourth-order valence-electron chi connectivity index (χ4n) is 5.12. The van der Waals surface area contributed by atoms with Crippen LogP contribution in [-0.2, 0) is 35.1 Å². The number of carbonyl (C=O) groups is 3. The summed E-state index contributed by atoms with van der Waals surface area (Å²) in [5.41, 5.74) is 7.00. The number of rotatable bonds is 15. The maximum Gasteiger partial charge on any atom is 1.00 e. The van der Waals surface area contributed by atoms with Gasteiger partial charge in [-0.2, -0.15) is 0 Å². The van der Waals surface area contributed by atoms with Crippen LogP contribution in [0.3, 0.4) is 0 Å². The van der Waals surface area contributed by atoms with Crippen molar-refractivity contribution in [1.29, 1.82) is 0 Å². The van der Waals surface area contributed by atoms with Crippen LogP contribution in [0.4, 0.5) is 11.8 Å². The van der Waals surface area contributed by atoms with Crippen LogP contribution in [-0.4, -0.2) is 110 Å². The number of allylic oxidation sites excluding steroid dienone is 1. The molecule has 1 aliphatic rings. The Hall–Kier alpha value is -3.74. The first kappa shape index (κ1) is 44.4. The van der Waals surface area contributed by atoms with Crippen molar-refractivity contribution >= 4 is 53.9 Å². The second-order valence-corrected chi connectivity index (χ2v) is 11.5. The molecule has 0 spiro atoms. The van der Waals surface area contributed by atoms with Gasteiger partial charge < -0.3 is 46.9 Å². The molecule has 17 heteroatoms. The smallest absolute Gasteiger partial charge is 0.776 e. The van der Waals surface area contributed by atoms with E-state index in [1.54, 1.807) is 39.3 Å². The van der Waals surface area contributed by atoms with E-state index in [0.717, 1.165) is 45.6 Å². The van der Waals surface area contributed by atoms with E-state index < -0.39 is 5.91 Å². The topological polar surface area (TPSA) is 189 Å². The molecule has 1 amide bonds. The number of nitrogens with two attached hydrogens (primary N) is 1. The molecule has 1 aliphatic heterocycles. The third-order valence-electron chi connectivity index (χ3n) is 7.37. The van der Waals surface area contributed by atoms with Crippen molar-refractivity contribution in [3.63, 3.8) is 0 Å². The summed E-state index contributed by atoms with van der Waals surface area (Å²) in [6.45, 7) is 8.83. The summed E-state index contributed by atoms with van der Waals surface area (Å²) < 4.78 is 23.4. The summed E-state index contributed by atoms with van der Waals surface area (Å²) in [4.78, 5) is 52.2. The number of carbonyl (C=O) groups excluding carboxylic acids is 3. The SMILES string of the molecule is CCc1nc(C)oc1C(=O)Nc1nc2cc(C=O)cc(OCCCN3CCOCC3)c2n1C/C=C/CNc1ncc(C=O)cc1[S-].CN.COC.[Na+]. The molecule has 0 atom stereocenters. The van der Waals surface area contributed by atoms with Crippen LogP contribution >= 0.6 is 0 Å². The van der Waals surface area contributed by atoms with Crippen LogP contribution in [0.25, 0.3) is 11.0 Å². The summed E-state index contributed by atoms with van der Waals surface area (Å²) >= 11 is 5.31.